The van der Waals surface area contributed by atoms with Crippen LogP contribution in [0.4, 0.5) is 0 Å². The van der Waals surface area contributed by atoms with Gasteiger partial charge in [-0.15, -0.1) is 34.2 Å². The number of aryl methyl sites for hydroxylation is 2. The molecule has 7 heteroatoms. The predicted molar refractivity (Wildman–Crippen MR) is 139 cm³/mol. The standard InChI is InChI=1S/C24H38N6.HI/c1-6-19-12-14-20(15-13-19)24(3,4)17-26-23(27-21-10-8-7-9-11-21)25-16-22-29-28-18(2)30(22)5;/h12-15,21H,6-11,16-17H2,1-5H3,(H2,25,26,27);1H. The van der Waals surface area contributed by atoms with Gasteiger partial charge in [0, 0.05) is 25.0 Å². The third-order valence-electron chi connectivity index (χ3n) is 6.35. The molecule has 31 heavy (non-hydrogen) atoms. The number of nitrogens with one attached hydrogen (secondary N) is 2. The number of aromatic nitrogens is 3. The Morgan fingerprint density at radius 3 is 2.39 bits per heavy atom. The molecule has 1 aliphatic carbocycles. The van der Waals surface area contributed by atoms with Gasteiger partial charge in [-0.1, -0.05) is 64.3 Å². The van der Waals surface area contributed by atoms with E-state index in [-0.39, 0.29) is 29.4 Å². The largest absolute Gasteiger partial charge is 0.356 e. The number of aliphatic imine (C=N–C) groups is 1. The average Bonchev–Trinajstić information content (AvgIpc) is 3.08. The van der Waals surface area contributed by atoms with Crippen LogP contribution in [0, 0.1) is 6.92 Å². The highest BCUT2D eigenvalue weighted by atomic mass is 127. The van der Waals surface area contributed by atoms with Crippen molar-refractivity contribution >= 4 is 29.9 Å². The van der Waals surface area contributed by atoms with Gasteiger partial charge in [-0.25, -0.2) is 4.99 Å². The zero-order valence-corrected chi connectivity index (χ0v) is 22.1. The Hall–Kier alpha value is -1.64. The molecule has 1 aliphatic rings. The first kappa shape index (κ1) is 25.6. The number of benzene rings is 1. The molecule has 6 nitrogen and oxygen atoms in total. The van der Waals surface area contributed by atoms with Crippen molar-refractivity contribution in [3.63, 3.8) is 0 Å². The summed E-state index contributed by atoms with van der Waals surface area (Å²) < 4.78 is 2.00. The Kier molecular flexibility index (Phi) is 9.78. The highest BCUT2D eigenvalue weighted by Crippen LogP contribution is 2.23. The highest BCUT2D eigenvalue weighted by molar-refractivity contribution is 14.0. The van der Waals surface area contributed by atoms with Gasteiger partial charge in [-0.3, -0.25) is 0 Å². The molecule has 0 amide bonds. The molecule has 0 aliphatic heterocycles. The van der Waals surface area contributed by atoms with Crippen molar-refractivity contribution in [3.8, 4) is 0 Å². The van der Waals surface area contributed by atoms with Gasteiger partial charge in [0.25, 0.3) is 0 Å². The number of hydrogen-bond donors (Lipinski definition) is 2. The molecule has 1 heterocycles. The summed E-state index contributed by atoms with van der Waals surface area (Å²) in [5.41, 5.74) is 2.72. The summed E-state index contributed by atoms with van der Waals surface area (Å²) in [7, 11) is 1.99. The number of hydrogen-bond acceptors (Lipinski definition) is 3. The first-order chi connectivity index (χ1) is 14.4. The fourth-order valence-electron chi connectivity index (χ4n) is 3.93. The van der Waals surface area contributed by atoms with E-state index in [9.17, 15) is 0 Å². The fourth-order valence-corrected chi connectivity index (χ4v) is 3.93. The van der Waals surface area contributed by atoms with Crippen LogP contribution in [-0.2, 0) is 25.4 Å². The molecular formula is C24H39IN6. The minimum Gasteiger partial charge on any atom is -0.356 e. The second-order valence-corrected chi connectivity index (χ2v) is 9.15. The van der Waals surface area contributed by atoms with Gasteiger partial charge in [0.05, 0.1) is 0 Å². The molecule has 0 radical (unpaired) electrons. The molecule has 2 aromatic rings. The predicted octanol–water partition coefficient (Wildman–Crippen LogP) is 4.65. The summed E-state index contributed by atoms with van der Waals surface area (Å²) in [6, 6.07) is 9.49. The van der Waals surface area contributed by atoms with Gasteiger partial charge < -0.3 is 15.2 Å². The number of nitrogens with zero attached hydrogens (tertiary/aromatic N) is 4. The normalized spacial score (nSPS) is 15.5. The van der Waals surface area contributed by atoms with Crippen molar-refractivity contribution in [1.82, 2.24) is 25.4 Å². The highest BCUT2D eigenvalue weighted by Gasteiger charge is 2.22. The van der Waals surface area contributed by atoms with E-state index in [1.54, 1.807) is 0 Å². The van der Waals surface area contributed by atoms with E-state index in [2.05, 4.69) is 65.9 Å². The van der Waals surface area contributed by atoms with Crippen LogP contribution in [0.2, 0.25) is 0 Å². The monoisotopic (exact) mass is 538 g/mol. The molecule has 1 aromatic carbocycles. The Labute approximate surface area is 204 Å². The summed E-state index contributed by atoms with van der Waals surface area (Å²) in [5.74, 6) is 2.67. The SMILES string of the molecule is CCc1ccc(C(C)(C)CNC(=NCc2nnc(C)n2C)NC2CCCCC2)cc1.I. The van der Waals surface area contributed by atoms with E-state index in [0.29, 0.717) is 12.6 Å². The van der Waals surface area contributed by atoms with Crippen molar-refractivity contribution < 1.29 is 0 Å². The van der Waals surface area contributed by atoms with Crippen LogP contribution in [-0.4, -0.2) is 33.3 Å². The molecule has 1 aromatic heterocycles. The van der Waals surface area contributed by atoms with E-state index < -0.39 is 0 Å². The molecule has 0 saturated heterocycles. The van der Waals surface area contributed by atoms with Gasteiger partial charge in [-0.2, -0.15) is 0 Å². The quantitative estimate of drug-likeness (QED) is 0.306. The summed E-state index contributed by atoms with van der Waals surface area (Å²) in [6.07, 6.45) is 7.43. The lowest BCUT2D eigenvalue weighted by Crippen LogP contribution is -2.47. The molecule has 0 atom stereocenters. The molecule has 1 saturated carbocycles. The van der Waals surface area contributed by atoms with Crippen molar-refractivity contribution in [1.29, 1.82) is 0 Å². The van der Waals surface area contributed by atoms with Gasteiger partial charge in [0.15, 0.2) is 11.8 Å². The molecule has 0 spiro atoms. The maximum atomic E-state index is 4.86. The number of halogens is 1. The first-order valence-electron chi connectivity index (χ1n) is 11.4. The Morgan fingerprint density at radius 2 is 1.81 bits per heavy atom. The third kappa shape index (κ3) is 7.19. The Morgan fingerprint density at radius 1 is 1.13 bits per heavy atom. The lowest BCUT2D eigenvalue weighted by molar-refractivity contribution is 0.407. The average molecular weight is 539 g/mol. The maximum Gasteiger partial charge on any atom is 0.191 e. The second kappa shape index (κ2) is 11.8. The van der Waals surface area contributed by atoms with Crippen molar-refractivity contribution in [2.45, 2.75) is 84.2 Å². The van der Waals surface area contributed by atoms with Crippen LogP contribution in [0.3, 0.4) is 0 Å². The molecule has 0 bridgehead atoms. The van der Waals surface area contributed by atoms with Gasteiger partial charge in [-0.05, 0) is 37.3 Å². The van der Waals surface area contributed by atoms with Crippen LogP contribution in [0.1, 0.15) is 75.7 Å². The zero-order chi connectivity index (χ0) is 21.6. The van der Waals surface area contributed by atoms with Crippen molar-refractivity contribution in [2.24, 2.45) is 12.0 Å². The molecular weight excluding hydrogens is 499 g/mol. The topological polar surface area (TPSA) is 67.1 Å². The van der Waals surface area contributed by atoms with Gasteiger partial charge in [0.2, 0.25) is 0 Å². The van der Waals surface area contributed by atoms with E-state index >= 15 is 0 Å². The summed E-state index contributed by atoms with van der Waals surface area (Å²) in [6.45, 7) is 10.1. The number of rotatable bonds is 7. The summed E-state index contributed by atoms with van der Waals surface area (Å²) >= 11 is 0. The minimum atomic E-state index is 0. The lowest BCUT2D eigenvalue weighted by atomic mass is 9.84. The fraction of sp³-hybridized carbons (Fsp3) is 0.625. The van der Waals surface area contributed by atoms with Crippen LogP contribution in [0.15, 0.2) is 29.3 Å². The van der Waals surface area contributed by atoms with Crippen LogP contribution >= 0.6 is 24.0 Å². The maximum absolute atomic E-state index is 4.86. The van der Waals surface area contributed by atoms with Crippen LogP contribution in [0.5, 0.6) is 0 Å². The lowest BCUT2D eigenvalue weighted by Gasteiger charge is -2.29. The molecule has 172 valence electrons. The van der Waals surface area contributed by atoms with E-state index in [0.717, 1.165) is 30.6 Å². The smallest absolute Gasteiger partial charge is 0.191 e. The van der Waals surface area contributed by atoms with E-state index in [1.165, 1.54) is 43.2 Å². The molecule has 2 N–H and O–H groups in total. The van der Waals surface area contributed by atoms with Crippen molar-refractivity contribution in [2.75, 3.05) is 6.54 Å². The van der Waals surface area contributed by atoms with Gasteiger partial charge >= 0.3 is 0 Å². The third-order valence-corrected chi connectivity index (χ3v) is 6.35. The summed E-state index contributed by atoms with van der Waals surface area (Å²) in [5, 5.41) is 15.7. The van der Waals surface area contributed by atoms with Gasteiger partial charge in [0.1, 0.15) is 12.4 Å². The van der Waals surface area contributed by atoms with Crippen LogP contribution in [0.25, 0.3) is 0 Å². The molecule has 3 rings (SSSR count). The second-order valence-electron chi connectivity index (χ2n) is 9.15. The van der Waals surface area contributed by atoms with E-state index in [1.807, 2.05) is 18.5 Å². The zero-order valence-electron chi connectivity index (χ0n) is 19.7. The number of guanidine groups is 1. The molecule has 1 fully saturated rings. The minimum absolute atomic E-state index is 0. The Bertz CT molecular complexity index is 834. The first-order valence-corrected chi connectivity index (χ1v) is 11.4. The molecule has 0 unspecified atom stereocenters. The van der Waals surface area contributed by atoms with E-state index in [4.69, 9.17) is 4.99 Å². The Balaban J connectivity index is 0.00000341. The van der Waals surface area contributed by atoms with Crippen LogP contribution < -0.4 is 10.6 Å². The summed E-state index contributed by atoms with van der Waals surface area (Å²) in [4.78, 5) is 4.86. The van der Waals surface area contributed by atoms with Crippen molar-refractivity contribution in [3.05, 3.63) is 47.0 Å².